The van der Waals surface area contributed by atoms with E-state index in [-0.39, 0.29) is 11.3 Å². The van der Waals surface area contributed by atoms with Gasteiger partial charge in [0.05, 0.1) is 5.69 Å². The highest BCUT2D eigenvalue weighted by atomic mass is 35.5. The molecule has 0 spiro atoms. The summed E-state index contributed by atoms with van der Waals surface area (Å²) >= 11 is 7.34. The SMILES string of the molecule is CC(C)(C)CCNC(=O)c1sc2cc(Cl)ccc2c1N. The van der Waals surface area contributed by atoms with E-state index in [4.69, 9.17) is 17.3 Å². The molecule has 0 aliphatic rings. The summed E-state index contributed by atoms with van der Waals surface area (Å²) in [5.41, 5.74) is 6.79. The van der Waals surface area contributed by atoms with Crippen LogP contribution < -0.4 is 11.1 Å². The largest absolute Gasteiger partial charge is 0.397 e. The quantitative estimate of drug-likeness (QED) is 0.888. The van der Waals surface area contributed by atoms with Gasteiger partial charge in [-0.2, -0.15) is 0 Å². The van der Waals surface area contributed by atoms with E-state index < -0.39 is 0 Å². The molecule has 2 aromatic rings. The fourth-order valence-corrected chi connectivity index (χ4v) is 3.21. The Labute approximate surface area is 128 Å². The van der Waals surface area contributed by atoms with Crippen molar-refractivity contribution in [1.82, 2.24) is 5.32 Å². The van der Waals surface area contributed by atoms with Crippen LogP contribution in [0, 0.1) is 5.41 Å². The molecule has 2 rings (SSSR count). The Hall–Kier alpha value is -1.26. The van der Waals surface area contributed by atoms with Crippen molar-refractivity contribution in [2.24, 2.45) is 5.41 Å². The van der Waals surface area contributed by atoms with E-state index >= 15 is 0 Å². The third kappa shape index (κ3) is 3.44. The van der Waals surface area contributed by atoms with Crippen molar-refractivity contribution in [2.75, 3.05) is 12.3 Å². The molecular formula is C15H19ClN2OS. The fraction of sp³-hybridized carbons (Fsp3) is 0.400. The molecular weight excluding hydrogens is 292 g/mol. The van der Waals surface area contributed by atoms with Crippen molar-refractivity contribution in [3.05, 3.63) is 28.1 Å². The maximum absolute atomic E-state index is 12.2. The number of hydrogen-bond donors (Lipinski definition) is 2. The molecule has 20 heavy (non-hydrogen) atoms. The first-order valence-corrected chi connectivity index (χ1v) is 7.73. The number of rotatable bonds is 3. The average Bonchev–Trinajstić information content (AvgIpc) is 2.64. The summed E-state index contributed by atoms with van der Waals surface area (Å²) in [6.45, 7) is 7.09. The summed E-state index contributed by atoms with van der Waals surface area (Å²) in [5, 5.41) is 4.47. The molecule has 1 amide bonds. The van der Waals surface area contributed by atoms with Crippen molar-refractivity contribution in [3.8, 4) is 0 Å². The third-order valence-electron chi connectivity index (χ3n) is 3.06. The molecule has 3 nitrogen and oxygen atoms in total. The van der Waals surface area contributed by atoms with Crippen LogP contribution in [0.5, 0.6) is 0 Å². The van der Waals surface area contributed by atoms with E-state index in [1.165, 1.54) is 11.3 Å². The van der Waals surface area contributed by atoms with Gasteiger partial charge in [-0.05, 0) is 30.0 Å². The van der Waals surface area contributed by atoms with Crippen molar-refractivity contribution in [1.29, 1.82) is 0 Å². The Bertz CT molecular complexity index is 643. The number of anilines is 1. The molecule has 0 aliphatic carbocycles. The zero-order chi connectivity index (χ0) is 14.9. The van der Waals surface area contributed by atoms with Crippen molar-refractivity contribution in [3.63, 3.8) is 0 Å². The minimum Gasteiger partial charge on any atom is -0.397 e. The summed E-state index contributed by atoms with van der Waals surface area (Å²) in [6.07, 6.45) is 0.926. The number of nitrogens with one attached hydrogen (secondary N) is 1. The molecule has 1 heterocycles. The number of benzene rings is 1. The van der Waals surface area contributed by atoms with E-state index in [0.717, 1.165) is 16.5 Å². The van der Waals surface area contributed by atoms with Crippen molar-refractivity contribution in [2.45, 2.75) is 27.2 Å². The summed E-state index contributed by atoms with van der Waals surface area (Å²) in [5.74, 6) is -0.107. The van der Waals surface area contributed by atoms with Gasteiger partial charge < -0.3 is 11.1 Å². The van der Waals surface area contributed by atoms with Gasteiger partial charge >= 0.3 is 0 Å². The van der Waals surface area contributed by atoms with E-state index in [1.54, 1.807) is 6.07 Å². The molecule has 1 aromatic heterocycles. The summed E-state index contributed by atoms with van der Waals surface area (Å²) in [7, 11) is 0. The Morgan fingerprint density at radius 1 is 1.40 bits per heavy atom. The Morgan fingerprint density at radius 3 is 2.75 bits per heavy atom. The van der Waals surface area contributed by atoms with Crippen LogP contribution in [0.3, 0.4) is 0 Å². The monoisotopic (exact) mass is 310 g/mol. The first-order chi connectivity index (χ1) is 9.28. The third-order valence-corrected chi connectivity index (χ3v) is 4.46. The topological polar surface area (TPSA) is 55.1 Å². The molecule has 0 aliphatic heterocycles. The lowest BCUT2D eigenvalue weighted by Gasteiger charge is -2.17. The molecule has 0 saturated carbocycles. The van der Waals surface area contributed by atoms with Crippen LogP contribution in [0.2, 0.25) is 5.02 Å². The van der Waals surface area contributed by atoms with E-state index in [1.807, 2.05) is 12.1 Å². The van der Waals surface area contributed by atoms with Gasteiger partial charge in [0.15, 0.2) is 0 Å². The van der Waals surface area contributed by atoms with Gasteiger partial charge in [-0.1, -0.05) is 32.4 Å². The molecule has 0 fully saturated rings. The minimum absolute atomic E-state index is 0.107. The molecule has 3 N–H and O–H groups in total. The van der Waals surface area contributed by atoms with Gasteiger partial charge in [0.1, 0.15) is 4.88 Å². The number of halogens is 1. The van der Waals surface area contributed by atoms with Crippen LogP contribution in [0.4, 0.5) is 5.69 Å². The molecule has 1 aromatic carbocycles. The lowest BCUT2D eigenvalue weighted by atomic mass is 9.92. The first kappa shape index (κ1) is 15.1. The van der Waals surface area contributed by atoms with E-state index in [9.17, 15) is 4.79 Å². The number of amides is 1. The van der Waals surface area contributed by atoms with Crippen LogP contribution >= 0.6 is 22.9 Å². The Kier molecular flexibility index (Phi) is 4.25. The Morgan fingerprint density at radius 2 is 2.10 bits per heavy atom. The van der Waals surface area contributed by atoms with Crippen LogP contribution in [-0.2, 0) is 0 Å². The van der Waals surface area contributed by atoms with Gasteiger partial charge in [0.2, 0.25) is 0 Å². The van der Waals surface area contributed by atoms with Gasteiger partial charge in [-0.25, -0.2) is 0 Å². The number of carbonyl (C=O) groups is 1. The van der Waals surface area contributed by atoms with Crippen LogP contribution in [0.15, 0.2) is 18.2 Å². The molecule has 0 saturated heterocycles. The predicted molar refractivity (Wildman–Crippen MR) is 87.7 cm³/mol. The lowest BCUT2D eigenvalue weighted by molar-refractivity contribution is 0.0954. The van der Waals surface area contributed by atoms with Gasteiger partial charge in [-0.3, -0.25) is 4.79 Å². The molecule has 108 valence electrons. The predicted octanol–water partition coefficient (Wildman–Crippen LogP) is 4.30. The van der Waals surface area contributed by atoms with Gasteiger partial charge in [0, 0.05) is 21.7 Å². The number of carbonyl (C=O) groups excluding carboxylic acids is 1. The highest BCUT2D eigenvalue weighted by Gasteiger charge is 2.17. The summed E-state index contributed by atoms with van der Waals surface area (Å²) < 4.78 is 0.941. The highest BCUT2D eigenvalue weighted by molar-refractivity contribution is 7.21. The minimum atomic E-state index is -0.107. The summed E-state index contributed by atoms with van der Waals surface area (Å²) in [6, 6.07) is 5.48. The number of nitrogens with two attached hydrogens (primary N) is 1. The molecule has 5 heteroatoms. The van der Waals surface area contributed by atoms with E-state index in [0.29, 0.717) is 22.1 Å². The number of nitrogen functional groups attached to an aromatic ring is 1. The number of thiophene rings is 1. The molecule has 0 atom stereocenters. The second kappa shape index (κ2) is 5.62. The number of hydrogen-bond acceptors (Lipinski definition) is 3. The lowest BCUT2D eigenvalue weighted by Crippen LogP contribution is -2.27. The van der Waals surface area contributed by atoms with Crippen molar-refractivity contribution >= 4 is 44.6 Å². The fourth-order valence-electron chi connectivity index (χ4n) is 1.89. The van der Waals surface area contributed by atoms with Gasteiger partial charge in [-0.15, -0.1) is 11.3 Å². The maximum Gasteiger partial charge on any atom is 0.263 e. The zero-order valence-electron chi connectivity index (χ0n) is 11.9. The van der Waals surface area contributed by atoms with E-state index in [2.05, 4.69) is 26.1 Å². The summed E-state index contributed by atoms with van der Waals surface area (Å²) in [4.78, 5) is 12.8. The highest BCUT2D eigenvalue weighted by Crippen LogP contribution is 2.35. The standard InChI is InChI=1S/C15H19ClN2OS/c1-15(2,3)6-7-18-14(19)13-12(17)10-5-4-9(16)8-11(10)20-13/h4-5,8H,6-7,17H2,1-3H3,(H,18,19). The molecule has 0 radical (unpaired) electrons. The van der Waals surface area contributed by atoms with Crippen LogP contribution in [0.1, 0.15) is 36.9 Å². The molecule has 0 bridgehead atoms. The van der Waals surface area contributed by atoms with Gasteiger partial charge in [0.25, 0.3) is 5.91 Å². The second-order valence-corrected chi connectivity index (χ2v) is 7.54. The Balaban J connectivity index is 2.16. The smallest absolute Gasteiger partial charge is 0.263 e. The maximum atomic E-state index is 12.2. The van der Waals surface area contributed by atoms with Crippen molar-refractivity contribution < 1.29 is 4.79 Å². The van der Waals surface area contributed by atoms with Crippen LogP contribution in [0.25, 0.3) is 10.1 Å². The molecule has 0 unspecified atom stereocenters. The second-order valence-electron chi connectivity index (χ2n) is 6.05. The first-order valence-electron chi connectivity index (χ1n) is 6.54. The average molecular weight is 311 g/mol. The normalized spacial score (nSPS) is 11.8. The zero-order valence-corrected chi connectivity index (χ0v) is 13.5. The van der Waals surface area contributed by atoms with Crippen LogP contribution in [-0.4, -0.2) is 12.5 Å². The number of fused-ring (bicyclic) bond motifs is 1.